The molecule has 2 unspecified atom stereocenters. The van der Waals surface area contributed by atoms with Crippen LogP contribution >= 0.6 is 0 Å². The maximum atomic E-state index is 12.6. The molecule has 1 fully saturated rings. The Labute approximate surface area is 54.6 Å². The Morgan fingerprint density at radius 3 is 3.11 bits per heavy atom. The van der Waals surface area contributed by atoms with Gasteiger partial charge in [0.25, 0.3) is 0 Å². The second kappa shape index (κ2) is 3.13. The number of rotatable bonds is 0. The van der Waals surface area contributed by atoms with Gasteiger partial charge in [-0.2, -0.15) is 0 Å². The molecule has 54 valence electrons. The molecule has 0 aromatic heterocycles. The summed E-state index contributed by atoms with van der Waals surface area (Å²) in [4.78, 5) is 0. The van der Waals surface area contributed by atoms with Gasteiger partial charge in [-0.15, -0.1) is 0 Å². The topological polar surface area (TPSA) is 38.0 Å². The maximum absolute atomic E-state index is 12.6. The fourth-order valence-electron chi connectivity index (χ4n) is 1.03. The molecule has 1 rings (SSSR count). The summed E-state index contributed by atoms with van der Waals surface area (Å²) in [6, 6.07) is -0.236. The molecule has 0 saturated carbocycles. The average molecular weight is 132 g/mol. The molecule has 0 aromatic rings. The predicted octanol–water partition coefficient (Wildman–Crippen LogP) is 0.0352. The van der Waals surface area contributed by atoms with E-state index in [9.17, 15) is 4.39 Å². The molecule has 3 N–H and O–H groups in total. The van der Waals surface area contributed by atoms with E-state index in [0.29, 0.717) is 6.54 Å². The van der Waals surface area contributed by atoms with Crippen LogP contribution in [-0.4, -0.2) is 25.3 Å². The lowest BCUT2D eigenvalue weighted by Gasteiger charge is -2.10. The molecule has 1 aliphatic heterocycles. The van der Waals surface area contributed by atoms with E-state index in [-0.39, 0.29) is 6.04 Å². The molecule has 1 saturated heterocycles. The Balaban J connectivity index is 2.32. The van der Waals surface area contributed by atoms with Gasteiger partial charge < -0.3 is 11.1 Å². The third-order valence-corrected chi connectivity index (χ3v) is 1.69. The van der Waals surface area contributed by atoms with Crippen LogP contribution < -0.4 is 11.1 Å². The minimum Gasteiger partial charge on any atom is -0.325 e. The van der Waals surface area contributed by atoms with Gasteiger partial charge in [0, 0.05) is 12.6 Å². The Morgan fingerprint density at radius 1 is 1.56 bits per heavy atom. The second-order valence-corrected chi connectivity index (χ2v) is 2.53. The Morgan fingerprint density at radius 2 is 2.33 bits per heavy atom. The van der Waals surface area contributed by atoms with Crippen LogP contribution in [0.3, 0.4) is 0 Å². The third-order valence-electron chi connectivity index (χ3n) is 1.69. The van der Waals surface area contributed by atoms with Gasteiger partial charge in [-0.25, -0.2) is 4.39 Å². The van der Waals surface area contributed by atoms with E-state index >= 15 is 0 Å². The highest BCUT2D eigenvalue weighted by atomic mass is 19.1. The zero-order valence-electron chi connectivity index (χ0n) is 5.44. The van der Waals surface area contributed by atoms with Gasteiger partial charge in [0.15, 0.2) is 0 Å². The van der Waals surface area contributed by atoms with E-state index < -0.39 is 6.17 Å². The molecule has 1 heterocycles. The highest BCUT2D eigenvalue weighted by Gasteiger charge is 2.18. The summed E-state index contributed by atoms with van der Waals surface area (Å²) in [5, 5.41) is 2.97. The Kier molecular flexibility index (Phi) is 2.42. The number of nitrogens with two attached hydrogens (primary N) is 1. The number of halogens is 1. The molecule has 3 heteroatoms. The van der Waals surface area contributed by atoms with Crippen LogP contribution in [0, 0.1) is 0 Å². The van der Waals surface area contributed by atoms with Crippen molar-refractivity contribution in [2.24, 2.45) is 5.73 Å². The first-order valence-electron chi connectivity index (χ1n) is 3.41. The first-order valence-corrected chi connectivity index (χ1v) is 3.41. The summed E-state index contributed by atoms with van der Waals surface area (Å²) < 4.78 is 12.6. The molecule has 0 radical (unpaired) electrons. The van der Waals surface area contributed by atoms with Crippen molar-refractivity contribution in [1.29, 1.82) is 0 Å². The number of nitrogens with one attached hydrogen (secondary N) is 1. The SMILES string of the molecule is NC1CCCNCC1F. The van der Waals surface area contributed by atoms with Crippen LogP contribution in [0.2, 0.25) is 0 Å². The quantitative estimate of drug-likeness (QED) is 0.488. The third kappa shape index (κ3) is 1.91. The van der Waals surface area contributed by atoms with Gasteiger partial charge in [0.1, 0.15) is 6.17 Å². The monoisotopic (exact) mass is 132 g/mol. The van der Waals surface area contributed by atoms with Gasteiger partial charge in [-0.05, 0) is 19.4 Å². The standard InChI is InChI=1S/C6H13FN2/c7-5-4-9-3-1-2-6(5)8/h5-6,9H,1-4,8H2. The molecule has 0 spiro atoms. The van der Waals surface area contributed by atoms with Crippen LogP contribution in [0.5, 0.6) is 0 Å². The fourth-order valence-corrected chi connectivity index (χ4v) is 1.03. The first-order chi connectivity index (χ1) is 4.30. The highest BCUT2D eigenvalue weighted by molar-refractivity contribution is 4.77. The summed E-state index contributed by atoms with van der Waals surface area (Å²) in [7, 11) is 0. The number of hydrogen-bond donors (Lipinski definition) is 2. The van der Waals surface area contributed by atoms with Crippen molar-refractivity contribution in [3.05, 3.63) is 0 Å². The van der Waals surface area contributed by atoms with Crippen LogP contribution in [0.15, 0.2) is 0 Å². The largest absolute Gasteiger partial charge is 0.325 e. The van der Waals surface area contributed by atoms with E-state index in [0.717, 1.165) is 19.4 Å². The molecule has 0 bridgehead atoms. The fraction of sp³-hybridized carbons (Fsp3) is 1.00. The maximum Gasteiger partial charge on any atom is 0.127 e. The molecule has 2 atom stereocenters. The summed E-state index contributed by atoms with van der Waals surface area (Å²) in [6.07, 6.45) is 0.975. The van der Waals surface area contributed by atoms with Crippen LogP contribution in [0.25, 0.3) is 0 Å². The van der Waals surface area contributed by atoms with Gasteiger partial charge >= 0.3 is 0 Å². The normalized spacial score (nSPS) is 38.0. The number of alkyl halides is 1. The lowest BCUT2D eigenvalue weighted by atomic mass is 10.1. The van der Waals surface area contributed by atoms with Gasteiger partial charge in [0.2, 0.25) is 0 Å². The smallest absolute Gasteiger partial charge is 0.127 e. The molecular weight excluding hydrogens is 119 g/mol. The van der Waals surface area contributed by atoms with E-state index in [1.54, 1.807) is 0 Å². The Hall–Kier alpha value is -0.150. The van der Waals surface area contributed by atoms with Crippen molar-refractivity contribution < 1.29 is 4.39 Å². The van der Waals surface area contributed by atoms with Gasteiger partial charge in [-0.3, -0.25) is 0 Å². The van der Waals surface area contributed by atoms with Crippen LogP contribution in [0.1, 0.15) is 12.8 Å². The van der Waals surface area contributed by atoms with Crippen LogP contribution in [0.4, 0.5) is 4.39 Å². The average Bonchev–Trinajstić information content (AvgIpc) is 1.99. The summed E-state index contributed by atoms with van der Waals surface area (Å²) in [5.41, 5.74) is 5.46. The van der Waals surface area contributed by atoms with E-state index in [2.05, 4.69) is 5.32 Å². The zero-order valence-corrected chi connectivity index (χ0v) is 5.44. The van der Waals surface area contributed by atoms with Crippen molar-refractivity contribution in [3.63, 3.8) is 0 Å². The molecule has 9 heavy (non-hydrogen) atoms. The molecular formula is C6H13FN2. The highest BCUT2D eigenvalue weighted by Crippen LogP contribution is 2.05. The molecule has 2 nitrogen and oxygen atoms in total. The molecule has 0 aromatic carbocycles. The zero-order chi connectivity index (χ0) is 6.69. The first kappa shape index (κ1) is 6.96. The second-order valence-electron chi connectivity index (χ2n) is 2.53. The van der Waals surface area contributed by atoms with Gasteiger partial charge in [-0.1, -0.05) is 0 Å². The van der Waals surface area contributed by atoms with Gasteiger partial charge in [0.05, 0.1) is 0 Å². The van der Waals surface area contributed by atoms with E-state index in [1.165, 1.54) is 0 Å². The van der Waals surface area contributed by atoms with Crippen molar-refractivity contribution >= 4 is 0 Å². The number of hydrogen-bond acceptors (Lipinski definition) is 2. The minimum absolute atomic E-state index is 0.236. The van der Waals surface area contributed by atoms with Crippen molar-refractivity contribution in [1.82, 2.24) is 5.32 Å². The van der Waals surface area contributed by atoms with Crippen molar-refractivity contribution in [3.8, 4) is 0 Å². The predicted molar refractivity (Wildman–Crippen MR) is 35.0 cm³/mol. The van der Waals surface area contributed by atoms with E-state index in [1.807, 2.05) is 0 Å². The minimum atomic E-state index is -0.840. The Bertz CT molecular complexity index is 77.1. The molecule has 0 aliphatic carbocycles. The summed E-state index contributed by atoms with van der Waals surface area (Å²) >= 11 is 0. The molecule has 1 aliphatic rings. The van der Waals surface area contributed by atoms with Crippen molar-refractivity contribution in [2.45, 2.75) is 25.1 Å². The van der Waals surface area contributed by atoms with Crippen LogP contribution in [-0.2, 0) is 0 Å². The summed E-state index contributed by atoms with van der Waals surface area (Å²) in [5.74, 6) is 0. The lowest BCUT2D eigenvalue weighted by Crippen LogP contribution is -2.35. The van der Waals surface area contributed by atoms with Crippen molar-refractivity contribution in [2.75, 3.05) is 13.1 Å². The summed E-state index contributed by atoms with van der Waals surface area (Å²) in [6.45, 7) is 1.34. The molecule has 0 amide bonds. The van der Waals surface area contributed by atoms with E-state index in [4.69, 9.17) is 5.73 Å². The lowest BCUT2D eigenvalue weighted by molar-refractivity contribution is 0.281.